The van der Waals surface area contributed by atoms with Gasteiger partial charge in [-0.05, 0) is 31.5 Å². The Bertz CT molecular complexity index is 1210. The van der Waals surface area contributed by atoms with Gasteiger partial charge in [-0.3, -0.25) is 9.59 Å². The van der Waals surface area contributed by atoms with Crippen LogP contribution in [-0.2, 0) is 20.9 Å². The van der Waals surface area contributed by atoms with Crippen molar-refractivity contribution in [3.05, 3.63) is 34.3 Å². The number of rotatable bonds is 7. The second kappa shape index (κ2) is 9.31. The Morgan fingerprint density at radius 3 is 2.38 bits per heavy atom. The van der Waals surface area contributed by atoms with Crippen LogP contribution >= 0.6 is 11.3 Å². The van der Waals surface area contributed by atoms with Crippen molar-refractivity contribution in [1.82, 2.24) is 4.57 Å². The lowest BCUT2D eigenvalue weighted by atomic mass is 10.2. The number of benzene rings is 1. The number of esters is 1. The molecule has 3 aromatic rings. The number of carbonyl (C=O) groups excluding carboxylic acids is 3. The van der Waals surface area contributed by atoms with E-state index < -0.39 is 5.97 Å². The zero-order valence-electron chi connectivity index (χ0n) is 18.7. The molecule has 0 spiro atoms. The van der Waals surface area contributed by atoms with Crippen molar-refractivity contribution < 1.29 is 28.6 Å². The van der Waals surface area contributed by atoms with Crippen molar-refractivity contribution in [1.29, 1.82) is 0 Å². The quantitative estimate of drug-likeness (QED) is 0.522. The molecule has 10 heteroatoms. The molecule has 0 aliphatic heterocycles. The first-order chi connectivity index (χ1) is 15.2. The Kier molecular flexibility index (Phi) is 6.73. The maximum absolute atomic E-state index is 13.0. The maximum atomic E-state index is 13.0. The Balaban J connectivity index is 2.06. The third-order valence-corrected chi connectivity index (χ3v) is 6.26. The van der Waals surface area contributed by atoms with Crippen LogP contribution in [0.1, 0.15) is 27.9 Å². The molecule has 0 radical (unpaired) electrons. The van der Waals surface area contributed by atoms with Crippen LogP contribution in [0.15, 0.2) is 18.2 Å². The normalized spacial score (nSPS) is 10.7. The molecule has 170 valence electrons. The average Bonchev–Trinajstić information content (AvgIpc) is 3.21. The summed E-state index contributed by atoms with van der Waals surface area (Å²) in [5.41, 5.74) is 1.84. The lowest BCUT2D eigenvalue weighted by Crippen LogP contribution is -2.22. The molecule has 3 rings (SSSR count). The number of aryl methyl sites for hydroxylation is 2. The number of carbonyl (C=O) groups is 3. The number of methoxy groups -OCH3 is 3. The van der Waals surface area contributed by atoms with Gasteiger partial charge in [0.1, 0.15) is 22.9 Å². The minimum Gasteiger partial charge on any atom is -0.497 e. The molecule has 0 fully saturated rings. The number of aromatic nitrogens is 1. The minimum atomic E-state index is -0.649. The van der Waals surface area contributed by atoms with Crippen LogP contribution < -0.4 is 20.1 Å². The SMILES string of the molecule is COC(=O)c1c(NC(C)=O)c2c(C)c(C)sc2n1CC(=O)Nc1ccc(OC)cc1OC. The number of nitrogens with one attached hydrogen (secondary N) is 2. The fourth-order valence-corrected chi connectivity index (χ4v) is 4.61. The summed E-state index contributed by atoms with van der Waals surface area (Å²) in [6, 6.07) is 5.03. The molecule has 2 aromatic heterocycles. The first-order valence-electron chi connectivity index (χ1n) is 9.71. The highest BCUT2D eigenvalue weighted by Gasteiger charge is 2.28. The van der Waals surface area contributed by atoms with Crippen LogP contribution in [0.4, 0.5) is 11.4 Å². The van der Waals surface area contributed by atoms with Crippen LogP contribution in [0.25, 0.3) is 10.2 Å². The van der Waals surface area contributed by atoms with E-state index >= 15 is 0 Å². The lowest BCUT2D eigenvalue weighted by Gasteiger charge is -2.13. The summed E-state index contributed by atoms with van der Waals surface area (Å²) in [5, 5.41) is 6.27. The molecule has 0 saturated carbocycles. The molecule has 0 bridgehead atoms. The van der Waals surface area contributed by atoms with Crippen LogP contribution in [-0.4, -0.2) is 43.7 Å². The van der Waals surface area contributed by atoms with Gasteiger partial charge in [-0.1, -0.05) is 0 Å². The number of anilines is 2. The number of thiophene rings is 1. The standard InChI is InChI=1S/C22H25N3O6S/c1-11-12(2)32-21-18(11)19(23-13(3)26)20(22(28)31-6)25(21)10-17(27)24-15-8-7-14(29-4)9-16(15)30-5/h7-9H,10H2,1-6H3,(H,23,26)(H,24,27). The minimum absolute atomic E-state index is 0.115. The van der Waals surface area contributed by atoms with E-state index in [1.807, 2.05) is 13.8 Å². The number of fused-ring (bicyclic) bond motifs is 1. The molecular formula is C22H25N3O6S. The van der Waals surface area contributed by atoms with E-state index in [1.165, 1.54) is 39.6 Å². The van der Waals surface area contributed by atoms with Crippen molar-refractivity contribution in [2.45, 2.75) is 27.3 Å². The van der Waals surface area contributed by atoms with Crippen LogP contribution in [0.2, 0.25) is 0 Å². The van der Waals surface area contributed by atoms with E-state index in [9.17, 15) is 14.4 Å². The number of hydrogen-bond acceptors (Lipinski definition) is 7. The highest BCUT2D eigenvalue weighted by molar-refractivity contribution is 7.19. The molecule has 0 unspecified atom stereocenters. The van der Waals surface area contributed by atoms with Crippen LogP contribution in [0.5, 0.6) is 11.5 Å². The zero-order valence-corrected chi connectivity index (χ0v) is 19.6. The topological polar surface area (TPSA) is 108 Å². The molecule has 0 atom stereocenters. The summed E-state index contributed by atoms with van der Waals surface area (Å²) in [7, 11) is 4.29. The van der Waals surface area contributed by atoms with Gasteiger partial charge < -0.3 is 29.4 Å². The van der Waals surface area contributed by atoms with E-state index in [-0.39, 0.29) is 24.1 Å². The number of hydrogen-bond donors (Lipinski definition) is 2. The van der Waals surface area contributed by atoms with Crippen molar-refractivity contribution in [2.75, 3.05) is 32.0 Å². The molecule has 0 saturated heterocycles. The second-order valence-corrected chi connectivity index (χ2v) is 8.26. The summed E-state index contributed by atoms with van der Waals surface area (Å²) >= 11 is 1.44. The van der Waals surface area contributed by atoms with Gasteiger partial charge in [0, 0.05) is 23.3 Å². The molecule has 32 heavy (non-hydrogen) atoms. The van der Waals surface area contributed by atoms with Crippen molar-refractivity contribution >= 4 is 50.7 Å². The van der Waals surface area contributed by atoms with E-state index in [1.54, 1.807) is 22.8 Å². The average molecular weight is 460 g/mol. The van der Waals surface area contributed by atoms with E-state index in [2.05, 4.69) is 10.6 Å². The summed E-state index contributed by atoms with van der Waals surface area (Å²) < 4.78 is 17.0. The molecule has 0 aliphatic rings. The molecule has 2 heterocycles. The highest BCUT2D eigenvalue weighted by Crippen LogP contribution is 2.40. The van der Waals surface area contributed by atoms with Crippen molar-refractivity contribution in [2.24, 2.45) is 0 Å². The number of nitrogens with zero attached hydrogens (tertiary/aromatic N) is 1. The summed E-state index contributed by atoms with van der Waals surface area (Å²) in [4.78, 5) is 39.2. The lowest BCUT2D eigenvalue weighted by molar-refractivity contribution is -0.116. The molecule has 2 N–H and O–H groups in total. The van der Waals surface area contributed by atoms with Gasteiger partial charge in [-0.2, -0.15) is 0 Å². The third kappa shape index (κ3) is 4.26. The smallest absolute Gasteiger partial charge is 0.356 e. The monoisotopic (exact) mass is 459 g/mol. The van der Waals surface area contributed by atoms with E-state index in [4.69, 9.17) is 14.2 Å². The summed E-state index contributed by atoms with van der Waals surface area (Å²) in [6.07, 6.45) is 0. The molecule has 0 aliphatic carbocycles. The molecule has 9 nitrogen and oxygen atoms in total. The Hall–Kier alpha value is -3.53. The first-order valence-corrected chi connectivity index (χ1v) is 10.5. The van der Waals surface area contributed by atoms with Gasteiger partial charge in [0.25, 0.3) is 0 Å². The third-order valence-electron chi connectivity index (χ3n) is 5.03. The summed E-state index contributed by atoms with van der Waals surface area (Å²) in [5.74, 6) is -0.336. The predicted octanol–water partition coefficient (Wildman–Crippen LogP) is 3.72. The van der Waals surface area contributed by atoms with E-state index in [0.717, 1.165) is 15.8 Å². The Morgan fingerprint density at radius 1 is 1.06 bits per heavy atom. The fraction of sp³-hybridized carbons (Fsp3) is 0.318. The van der Waals surface area contributed by atoms with Gasteiger partial charge in [-0.25, -0.2) is 4.79 Å². The van der Waals surface area contributed by atoms with Crippen LogP contribution in [0, 0.1) is 13.8 Å². The van der Waals surface area contributed by atoms with Crippen LogP contribution in [0.3, 0.4) is 0 Å². The largest absolute Gasteiger partial charge is 0.497 e. The van der Waals surface area contributed by atoms with Crippen molar-refractivity contribution in [3.8, 4) is 11.5 Å². The second-order valence-electron chi connectivity index (χ2n) is 7.06. The van der Waals surface area contributed by atoms with Gasteiger partial charge in [0.15, 0.2) is 5.69 Å². The molecule has 1 aromatic carbocycles. The maximum Gasteiger partial charge on any atom is 0.356 e. The summed E-state index contributed by atoms with van der Waals surface area (Å²) in [6.45, 7) is 5.05. The Morgan fingerprint density at radius 2 is 1.78 bits per heavy atom. The van der Waals surface area contributed by atoms with Gasteiger partial charge in [0.05, 0.1) is 32.7 Å². The van der Waals surface area contributed by atoms with E-state index in [0.29, 0.717) is 27.7 Å². The molecular weight excluding hydrogens is 434 g/mol. The fourth-order valence-electron chi connectivity index (χ4n) is 3.44. The predicted molar refractivity (Wildman–Crippen MR) is 123 cm³/mol. The van der Waals surface area contributed by atoms with Gasteiger partial charge in [-0.15, -0.1) is 11.3 Å². The zero-order chi connectivity index (χ0) is 23.6. The number of amides is 2. The highest BCUT2D eigenvalue weighted by atomic mass is 32.1. The van der Waals surface area contributed by atoms with Gasteiger partial charge >= 0.3 is 5.97 Å². The Labute approximate surface area is 189 Å². The van der Waals surface area contributed by atoms with Crippen molar-refractivity contribution in [3.63, 3.8) is 0 Å². The van der Waals surface area contributed by atoms with Gasteiger partial charge in [0.2, 0.25) is 11.8 Å². The number of ether oxygens (including phenoxy) is 3. The first kappa shape index (κ1) is 23.1. The molecule has 2 amide bonds.